The Morgan fingerprint density at radius 3 is 2.43 bits per heavy atom. The number of nitriles is 1. The van der Waals surface area contributed by atoms with Gasteiger partial charge in [0.1, 0.15) is 11.6 Å². The topological polar surface area (TPSA) is 52.8 Å². The van der Waals surface area contributed by atoms with E-state index in [0.717, 1.165) is 23.4 Å². The van der Waals surface area contributed by atoms with Gasteiger partial charge in [-0.3, -0.25) is 0 Å². The van der Waals surface area contributed by atoms with Crippen LogP contribution in [0.5, 0.6) is 0 Å². The molecule has 0 amide bonds. The summed E-state index contributed by atoms with van der Waals surface area (Å²) in [5, 5.41) is 17.8. The third-order valence-electron chi connectivity index (χ3n) is 3.70. The Morgan fingerprint density at radius 2 is 1.87 bits per heavy atom. The van der Waals surface area contributed by atoms with Crippen molar-refractivity contribution in [2.24, 2.45) is 0 Å². The summed E-state index contributed by atoms with van der Waals surface area (Å²) in [5.41, 5.74) is 2.78. The van der Waals surface area contributed by atoms with Gasteiger partial charge in [0.25, 0.3) is 0 Å². The molecule has 2 aromatic rings. The van der Waals surface area contributed by atoms with Gasteiger partial charge in [0, 0.05) is 13.6 Å². The van der Waals surface area contributed by atoms with Crippen molar-refractivity contribution in [3.8, 4) is 6.07 Å². The van der Waals surface area contributed by atoms with E-state index in [1.807, 2.05) is 13.8 Å². The summed E-state index contributed by atoms with van der Waals surface area (Å²) in [6.07, 6.45) is 1.39. The molecule has 120 valence electrons. The average molecular weight is 316 g/mol. The van der Waals surface area contributed by atoms with E-state index in [1.54, 1.807) is 11.9 Å². The Kier molecular flexibility index (Phi) is 5.22. The molecule has 0 bridgehead atoms. The van der Waals surface area contributed by atoms with Crippen molar-refractivity contribution >= 4 is 5.82 Å². The fraction of sp³-hybridized carbons (Fsp3) is 0.353. The van der Waals surface area contributed by atoms with Crippen LogP contribution in [0.4, 0.5) is 14.6 Å². The first kappa shape index (κ1) is 16.8. The Hall–Kier alpha value is -2.55. The maximum Gasteiger partial charge on any atom is 0.169 e. The highest BCUT2D eigenvalue weighted by atomic mass is 19.2. The first-order valence-corrected chi connectivity index (χ1v) is 7.45. The smallest absolute Gasteiger partial charge is 0.169 e. The van der Waals surface area contributed by atoms with Crippen molar-refractivity contribution in [1.29, 1.82) is 5.26 Å². The van der Waals surface area contributed by atoms with E-state index in [1.165, 1.54) is 6.07 Å². The number of benzene rings is 1. The highest BCUT2D eigenvalue weighted by Gasteiger charge is 2.17. The molecule has 0 saturated carbocycles. The van der Waals surface area contributed by atoms with Gasteiger partial charge in [-0.05, 0) is 36.1 Å². The van der Waals surface area contributed by atoms with Gasteiger partial charge in [-0.2, -0.15) is 10.4 Å². The summed E-state index contributed by atoms with van der Waals surface area (Å²) in [6, 6.07) is 5.94. The summed E-state index contributed by atoms with van der Waals surface area (Å²) in [6.45, 7) is 4.24. The average Bonchev–Trinajstić information content (AvgIpc) is 2.56. The largest absolute Gasteiger partial charge is 0.353 e. The maximum absolute atomic E-state index is 13.3. The van der Waals surface area contributed by atoms with Gasteiger partial charge in [-0.25, -0.2) is 8.78 Å². The number of nitrogens with zero attached hydrogens (tertiary/aromatic N) is 4. The van der Waals surface area contributed by atoms with E-state index in [-0.39, 0.29) is 0 Å². The van der Waals surface area contributed by atoms with Gasteiger partial charge in [-0.1, -0.05) is 19.9 Å². The molecule has 0 aliphatic carbocycles. The number of aryl methyl sites for hydroxylation is 1. The van der Waals surface area contributed by atoms with E-state index < -0.39 is 11.6 Å². The van der Waals surface area contributed by atoms with Gasteiger partial charge in [0.2, 0.25) is 0 Å². The quantitative estimate of drug-likeness (QED) is 0.848. The van der Waals surface area contributed by atoms with E-state index in [0.29, 0.717) is 36.3 Å². The molecule has 0 fully saturated rings. The number of hydrogen-bond acceptors (Lipinski definition) is 4. The van der Waals surface area contributed by atoms with Crippen LogP contribution in [-0.4, -0.2) is 17.2 Å². The molecule has 6 heteroatoms. The SMILES string of the molecule is CCc1nnc(N(C)Cc2ccc(F)c(F)c2)c(C#N)c1CC. The fourth-order valence-corrected chi connectivity index (χ4v) is 2.53. The number of rotatable bonds is 5. The lowest BCUT2D eigenvalue weighted by Gasteiger charge is -2.21. The molecule has 0 unspecified atom stereocenters. The lowest BCUT2D eigenvalue weighted by molar-refractivity contribution is 0.507. The monoisotopic (exact) mass is 316 g/mol. The Morgan fingerprint density at radius 1 is 1.13 bits per heavy atom. The zero-order valence-corrected chi connectivity index (χ0v) is 13.4. The standard InChI is InChI=1S/C17H18F2N4/c1-4-12-13(9-20)17(22-21-16(12)5-2)23(3)10-11-6-7-14(18)15(19)8-11/h6-8H,4-5,10H2,1-3H3. The Labute approximate surface area is 134 Å². The predicted octanol–water partition coefficient (Wildman–Crippen LogP) is 3.39. The maximum atomic E-state index is 13.3. The minimum atomic E-state index is -0.891. The summed E-state index contributed by atoms with van der Waals surface area (Å²) in [5.74, 6) is -1.32. The zero-order chi connectivity index (χ0) is 17.0. The molecule has 23 heavy (non-hydrogen) atoms. The molecule has 0 aliphatic rings. The third kappa shape index (κ3) is 3.45. The van der Waals surface area contributed by atoms with Gasteiger partial charge in [0.15, 0.2) is 17.5 Å². The lowest BCUT2D eigenvalue weighted by atomic mass is 10.0. The number of anilines is 1. The lowest BCUT2D eigenvalue weighted by Crippen LogP contribution is -2.21. The minimum Gasteiger partial charge on any atom is -0.353 e. The normalized spacial score (nSPS) is 10.4. The summed E-state index contributed by atoms with van der Waals surface area (Å²) in [7, 11) is 1.75. The highest BCUT2D eigenvalue weighted by Crippen LogP contribution is 2.24. The van der Waals surface area contributed by atoms with E-state index >= 15 is 0 Å². The Bertz CT molecular complexity index is 753. The third-order valence-corrected chi connectivity index (χ3v) is 3.70. The highest BCUT2D eigenvalue weighted by molar-refractivity contribution is 5.58. The molecule has 1 heterocycles. The number of halogens is 2. The van der Waals surface area contributed by atoms with Crippen LogP contribution in [0.25, 0.3) is 0 Å². The second kappa shape index (κ2) is 7.14. The van der Waals surface area contributed by atoms with Gasteiger partial charge in [0.05, 0.1) is 5.69 Å². The van der Waals surface area contributed by atoms with Crippen LogP contribution in [0.3, 0.4) is 0 Å². The van der Waals surface area contributed by atoms with Crippen molar-refractivity contribution in [2.75, 3.05) is 11.9 Å². The number of hydrogen-bond donors (Lipinski definition) is 0. The molecule has 0 saturated heterocycles. The summed E-state index contributed by atoms with van der Waals surface area (Å²) < 4.78 is 26.3. The van der Waals surface area contributed by atoms with Crippen molar-refractivity contribution in [1.82, 2.24) is 10.2 Å². The molecule has 1 aromatic heterocycles. The van der Waals surface area contributed by atoms with E-state index in [2.05, 4.69) is 16.3 Å². The van der Waals surface area contributed by atoms with E-state index in [9.17, 15) is 14.0 Å². The molecule has 0 spiro atoms. The molecular weight excluding hydrogens is 298 g/mol. The van der Waals surface area contributed by atoms with Crippen LogP contribution < -0.4 is 4.90 Å². The number of aromatic nitrogens is 2. The molecule has 4 nitrogen and oxygen atoms in total. The van der Waals surface area contributed by atoms with Crippen LogP contribution >= 0.6 is 0 Å². The molecule has 0 atom stereocenters. The molecule has 0 aliphatic heterocycles. The van der Waals surface area contributed by atoms with Gasteiger partial charge in [-0.15, -0.1) is 5.10 Å². The summed E-state index contributed by atoms with van der Waals surface area (Å²) in [4.78, 5) is 1.72. The molecule has 1 aromatic carbocycles. The summed E-state index contributed by atoms with van der Waals surface area (Å²) >= 11 is 0. The van der Waals surface area contributed by atoms with Crippen LogP contribution in [0.15, 0.2) is 18.2 Å². The zero-order valence-electron chi connectivity index (χ0n) is 13.4. The van der Waals surface area contributed by atoms with Crippen molar-refractivity contribution in [2.45, 2.75) is 33.2 Å². The first-order chi connectivity index (χ1) is 11.0. The molecule has 0 radical (unpaired) electrons. The van der Waals surface area contributed by atoms with Crippen molar-refractivity contribution < 1.29 is 8.78 Å². The molecule has 2 rings (SSSR count). The van der Waals surface area contributed by atoms with Crippen LogP contribution in [0, 0.1) is 23.0 Å². The first-order valence-electron chi connectivity index (χ1n) is 7.45. The fourth-order valence-electron chi connectivity index (χ4n) is 2.53. The van der Waals surface area contributed by atoms with Crippen molar-refractivity contribution in [3.63, 3.8) is 0 Å². The van der Waals surface area contributed by atoms with Crippen LogP contribution in [0.2, 0.25) is 0 Å². The van der Waals surface area contributed by atoms with Gasteiger partial charge < -0.3 is 4.90 Å². The second-order valence-electron chi connectivity index (χ2n) is 5.25. The van der Waals surface area contributed by atoms with Gasteiger partial charge >= 0.3 is 0 Å². The second-order valence-corrected chi connectivity index (χ2v) is 5.25. The molecule has 0 N–H and O–H groups in total. The van der Waals surface area contributed by atoms with Crippen LogP contribution in [-0.2, 0) is 19.4 Å². The van der Waals surface area contributed by atoms with Crippen molar-refractivity contribution in [3.05, 3.63) is 52.2 Å². The molecular formula is C17H18F2N4. The minimum absolute atomic E-state index is 0.301. The predicted molar refractivity (Wildman–Crippen MR) is 84.0 cm³/mol. The Balaban J connectivity index is 2.37. The van der Waals surface area contributed by atoms with E-state index in [4.69, 9.17) is 0 Å². The van der Waals surface area contributed by atoms with Crippen LogP contribution in [0.1, 0.15) is 36.2 Å².